The minimum absolute atomic E-state index is 0.0691. The van der Waals surface area contributed by atoms with Crippen LogP contribution in [0.3, 0.4) is 0 Å². The highest BCUT2D eigenvalue weighted by atomic mass is 32.2. The maximum absolute atomic E-state index is 12.5. The SMILES string of the molecule is Cc1cc(S(=O)(=O)N[C@H]2CCN(CC3CC3)C2)ccc1[N+](=O)[O-]. The molecule has 1 saturated carbocycles. The lowest BCUT2D eigenvalue weighted by Gasteiger charge is -2.16. The standard InChI is InChI=1S/C15H21N3O4S/c1-11-8-14(4-5-15(11)18(19)20)23(21,22)16-13-6-7-17(10-13)9-12-2-3-12/h4-5,8,12-13,16H,2-3,6-7,9-10H2,1H3/t13-/m0/s1. The first-order valence-electron chi connectivity index (χ1n) is 7.85. The Morgan fingerprint density at radius 1 is 1.35 bits per heavy atom. The molecule has 2 aliphatic rings. The molecule has 1 aromatic carbocycles. The van der Waals surface area contributed by atoms with E-state index in [1.54, 1.807) is 6.92 Å². The first-order valence-corrected chi connectivity index (χ1v) is 9.33. The molecule has 0 unspecified atom stereocenters. The molecule has 0 bridgehead atoms. The number of nitrogens with zero attached hydrogens (tertiary/aromatic N) is 2. The number of hydrogen-bond acceptors (Lipinski definition) is 5. The largest absolute Gasteiger partial charge is 0.301 e. The number of nitro benzene ring substituents is 1. The van der Waals surface area contributed by atoms with Gasteiger partial charge in [-0.25, -0.2) is 13.1 Å². The summed E-state index contributed by atoms with van der Waals surface area (Å²) in [6.07, 6.45) is 3.38. The summed E-state index contributed by atoms with van der Waals surface area (Å²) in [4.78, 5) is 12.7. The van der Waals surface area contributed by atoms with Gasteiger partial charge in [-0.1, -0.05) is 0 Å². The van der Waals surface area contributed by atoms with Crippen molar-refractivity contribution in [1.82, 2.24) is 9.62 Å². The van der Waals surface area contributed by atoms with Crippen molar-refractivity contribution in [3.63, 3.8) is 0 Å². The van der Waals surface area contributed by atoms with Crippen LogP contribution in [-0.2, 0) is 10.0 Å². The van der Waals surface area contributed by atoms with Gasteiger partial charge in [0.15, 0.2) is 0 Å². The third-order valence-corrected chi connectivity index (χ3v) is 6.00. The average Bonchev–Trinajstić information content (AvgIpc) is 3.17. The van der Waals surface area contributed by atoms with Gasteiger partial charge in [0.1, 0.15) is 0 Å². The second kappa shape index (κ2) is 6.18. The van der Waals surface area contributed by atoms with E-state index in [1.165, 1.54) is 31.0 Å². The van der Waals surface area contributed by atoms with Crippen LogP contribution in [0.5, 0.6) is 0 Å². The summed E-state index contributed by atoms with van der Waals surface area (Å²) >= 11 is 0. The van der Waals surface area contributed by atoms with Gasteiger partial charge in [0, 0.05) is 30.8 Å². The van der Waals surface area contributed by atoms with E-state index in [9.17, 15) is 18.5 Å². The normalized spacial score (nSPS) is 22.4. The predicted octanol–water partition coefficient (Wildman–Crippen LogP) is 1.67. The van der Waals surface area contributed by atoms with Crippen molar-refractivity contribution in [2.75, 3.05) is 19.6 Å². The number of hydrogen-bond donors (Lipinski definition) is 1. The fraction of sp³-hybridized carbons (Fsp3) is 0.600. The molecule has 23 heavy (non-hydrogen) atoms. The van der Waals surface area contributed by atoms with Crippen LogP contribution in [0.25, 0.3) is 0 Å². The van der Waals surface area contributed by atoms with Crippen LogP contribution in [0.1, 0.15) is 24.8 Å². The van der Waals surface area contributed by atoms with Crippen LogP contribution < -0.4 is 4.72 Å². The average molecular weight is 339 g/mol. The Morgan fingerprint density at radius 2 is 2.09 bits per heavy atom. The van der Waals surface area contributed by atoms with Crippen LogP contribution in [0.15, 0.2) is 23.1 Å². The molecule has 1 aliphatic heterocycles. The van der Waals surface area contributed by atoms with E-state index >= 15 is 0 Å². The number of benzene rings is 1. The molecule has 8 heteroatoms. The summed E-state index contributed by atoms with van der Waals surface area (Å²) in [6.45, 7) is 4.27. The lowest BCUT2D eigenvalue weighted by atomic mass is 10.2. The Bertz CT molecular complexity index is 715. The minimum Gasteiger partial charge on any atom is -0.301 e. The molecule has 1 aliphatic carbocycles. The summed E-state index contributed by atoms with van der Waals surface area (Å²) in [5.41, 5.74) is 0.278. The summed E-state index contributed by atoms with van der Waals surface area (Å²) in [5, 5.41) is 10.8. The van der Waals surface area contributed by atoms with Crippen molar-refractivity contribution in [2.24, 2.45) is 5.92 Å². The van der Waals surface area contributed by atoms with Gasteiger partial charge in [-0.05, 0) is 50.8 Å². The van der Waals surface area contributed by atoms with Crippen molar-refractivity contribution < 1.29 is 13.3 Å². The van der Waals surface area contributed by atoms with Crippen LogP contribution in [0, 0.1) is 23.0 Å². The van der Waals surface area contributed by atoms with E-state index in [1.807, 2.05) is 0 Å². The van der Waals surface area contributed by atoms with Crippen LogP contribution in [-0.4, -0.2) is 43.9 Å². The Morgan fingerprint density at radius 3 is 2.70 bits per heavy atom. The zero-order valence-electron chi connectivity index (χ0n) is 13.1. The van der Waals surface area contributed by atoms with E-state index in [2.05, 4.69) is 9.62 Å². The fourth-order valence-electron chi connectivity index (χ4n) is 3.05. The van der Waals surface area contributed by atoms with E-state index in [4.69, 9.17) is 0 Å². The second-order valence-corrected chi connectivity index (χ2v) is 8.23. The third-order valence-electron chi connectivity index (χ3n) is 4.48. The number of nitro groups is 1. The first kappa shape index (κ1) is 16.4. The summed E-state index contributed by atoms with van der Waals surface area (Å²) in [6, 6.07) is 3.81. The first-order chi connectivity index (χ1) is 10.8. The van der Waals surface area contributed by atoms with Crippen molar-refractivity contribution in [1.29, 1.82) is 0 Å². The molecule has 3 rings (SSSR count). The monoisotopic (exact) mass is 339 g/mol. The number of likely N-dealkylation sites (tertiary alicyclic amines) is 1. The smallest absolute Gasteiger partial charge is 0.272 e. The summed E-state index contributed by atoms with van der Waals surface area (Å²) in [7, 11) is -3.64. The highest BCUT2D eigenvalue weighted by molar-refractivity contribution is 7.89. The zero-order chi connectivity index (χ0) is 16.6. The molecular weight excluding hydrogens is 318 g/mol. The van der Waals surface area contributed by atoms with Gasteiger partial charge in [0.05, 0.1) is 9.82 Å². The maximum Gasteiger partial charge on any atom is 0.272 e. The van der Waals surface area contributed by atoms with Crippen molar-refractivity contribution in [2.45, 2.75) is 37.1 Å². The maximum atomic E-state index is 12.5. The van der Waals surface area contributed by atoms with Gasteiger partial charge in [-0.3, -0.25) is 10.1 Å². The van der Waals surface area contributed by atoms with Crippen molar-refractivity contribution >= 4 is 15.7 Å². The molecule has 7 nitrogen and oxygen atoms in total. The Kier molecular flexibility index (Phi) is 4.39. The number of sulfonamides is 1. The molecular formula is C15H21N3O4S. The summed E-state index contributed by atoms with van der Waals surface area (Å²) < 4.78 is 27.7. The third kappa shape index (κ3) is 3.88. The molecule has 0 spiro atoms. The Balaban J connectivity index is 1.67. The van der Waals surface area contributed by atoms with Gasteiger partial charge < -0.3 is 4.90 Å². The second-order valence-electron chi connectivity index (χ2n) is 6.52. The molecule has 126 valence electrons. The molecule has 1 atom stereocenters. The molecule has 1 heterocycles. The fourth-order valence-corrected chi connectivity index (χ4v) is 4.39. The predicted molar refractivity (Wildman–Crippen MR) is 85.7 cm³/mol. The Labute approximate surface area is 135 Å². The highest BCUT2D eigenvalue weighted by Crippen LogP contribution is 2.31. The van der Waals surface area contributed by atoms with E-state index in [-0.39, 0.29) is 16.6 Å². The van der Waals surface area contributed by atoms with Gasteiger partial charge in [-0.2, -0.15) is 0 Å². The topological polar surface area (TPSA) is 92.6 Å². The molecule has 0 aromatic heterocycles. The minimum atomic E-state index is -3.64. The molecule has 0 radical (unpaired) electrons. The van der Waals surface area contributed by atoms with Crippen molar-refractivity contribution in [3.8, 4) is 0 Å². The quantitative estimate of drug-likeness (QED) is 0.628. The zero-order valence-corrected chi connectivity index (χ0v) is 13.9. The van der Waals surface area contributed by atoms with Crippen molar-refractivity contribution in [3.05, 3.63) is 33.9 Å². The van der Waals surface area contributed by atoms with Gasteiger partial charge in [0.25, 0.3) is 5.69 Å². The Hall–Kier alpha value is -1.51. The van der Waals surface area contributed by atoms with Gasteiger partial charge in [0.2, 0.25) is 10.0 Å². The van der Waals surface area contributed by atoms with E-state index < -0.39 is 14.9 Å². The lowest BCUT2D eigenvalue weighted by molar-refractivity contribution is -0.385. The lowest BCUT2D eigenvalue weighted by Crippen LogP contribution is -2.37. The number of aryl methyl sites for hydroxylation is 1. The highest BCUT2D eigenvalue weighted by Gasteiger charge is 2.31. The van der Waals surface area contributed by atoms with Crippen LogP contribution in [0.2, 0.25) is 0 Å². The van der Waals surface area contributed by atoms with E-state index in [0.717, 1.165) is 32.0 Å². The molecule has 0 amide bonds. The molecule has 1 aromatic rings. The van der Waals surface area contributed by atoms with Gasteiger partial charge >= 0.3 is 0 Å². The number of rotatable bonds is 6. The molecule has 1 saturated heterocycles. The van der Waals surface area contributed by atoms with Gasteiger partial charge in [-0.15, -0.1) is 0 Å². The van der Waals surface area contributed by atoms with E-state index in [0.29, 0.717) is 5.56 Å². The van der Waals surface area contributed by atoms with Crippen LogP contribution in [0.4, 0.5) is 5.69 Å². The summed E-state index contributed by atoms with van der Waals surface area (Å²) in [5.74, 6) is 0.794. The molecule has 2 fully saturated rings. The number of nitrogens with one attached hydrogen (secondary N) is 1. The van der Waals surface area contributed by atoms with Crippen LogP contribution >= 0.6 is 0 Å². The molecule has 1 N–H and O–H groups in total.